The third kappa shape index (κ3) is 4.79. The van der Waals surface area contributed by atoms with Gasteiger partial charge in [0, 0.05) is 29.6 Å². The second-order valence-corrected chi connectivity index (χ2v) is 8.16. The number of anilines is 1. The van der Waals surface area contributed by atoms with E-state index in [1.165, 1.54) is 18.3 Å². The highest BCUT2D eigenvalue weighted by Crippen LogP contribution is 2.31. The van der Waals surface area contributed by atoms with Gasteiger partial charge >= 0.3 is 0 Å². The number of hydrogen-bond donors (Lipinski definition) is 2. The van der Waals surface area contributed by atoms with Crippen molar-refractivity contribution < 1.29 is 14.0 Å². The molecule has 29 heavy (non-hydrogen) atoms. The van der Waals surface area contributed by atoms with Crippen molar-refractivity contribution in [3.05, 3.63) is 64.5 Å². The van der Waals surface area contributed by atoms with Crippen LogP contribution in [-0.2, 0) is 17.9 Å². The van der Waals surface area contributed by atoms with Crippen LogP contribution in [0.1, 0.15) is 28.1 Å². The van der Waals surface area contributed by atoms with Crippen molar-refractivity contribution >= 4 is 39.6 Å². The number of nitrogens with zero attached hydrogens (tertiary/aromatic N) is 3. The zero-order valence-electron chi connectivity index (χ0n) is 15.4. The number of nitrogens with one attached hydrogen (secondary N) is 2. The molecule has 0 atom stereocenters. The van der Waals surface area contributed by atoms with E-state index in [9.17, 15) is 9.59 Å². The number of carbonyl (C=O) groups excluding carboxylic acids is 2. The first kappa shape index (κ1) is 19.1. The fourth-order valence-corrected chi connectivity index (χ4v) is 4.25. The van der Waals surface area contributed by atoms with Gasteiger partial charge in [-0.25, -0.2) is 4.98 Å². The number of amides is 2. The second-order valence-electron chi connectivity index (χ2n) is 6.14. The van der Waals surface area contributed by atoms with Gasteiger partial charge < -0.3 is 9.73 Å². The first-order valence-electron chi connectivity index (χ1n) is 8.73. The minimum atomic E-state index is -0.352. The Morgan fingerprint density at radius 3 is 2.93 bits per heavy atom. The van der Waals surface area contributed by atoms with Crippen molar-refractivity contribution in [2.75, 3.05) is 5.32 Å². The Morgan fingerprint density at radius 1 is 1.24 bits per heavy atom. The van der Waals surface area contributed by atoms with Gasteiger partial charge in [-0.15, -0.1) is 22.7 Å². The second kappa shape index (κ2) is 8.41. The highest BCUT2D eigenvalue weighted by Gasteiger charge is 2.15. The summed E-state index contributed by atoms with van der Waals surface area (Å²) in [5.41, 5.74) is 0.781. The Labute approximate surface area is 174 Å². The molecule has 2 amide bonds. The highest BCUT2D eigenvalue weighted by atomic mass is 32.1. The zero-order chi connectivity index (χ0) is 20.2. The molecule has 148 valence electrons. The Hall–Kier alpha value is -3.24. The zero-order valence-corrected chi connectivity index (χ0v) is 17.0. The van der Waals surface area contributed by atoms with E-state index in [2.05, 4.69) is 20.7 Å². The molecule has 4 aromatic rings. The minimum Gasteiger partial charge on any atom is -0.454 e. The molecule has 0 bridgehead atoms. The van der Waals surface area contributed by atoms with E-state index in [4.69, 9.17) is 4.42 Å². The van der Waals surface area contributed by atoms with Gasteiger partial charge in [-0.05, 0) is 30.3 Å². The average molecular weight is 428 g/mol. The maximum Gasteiger partial charge on any atom is 0.293 e. The largest absolute Gasteiger partial charge is 0.454 e. The lowest BCUT2D eigenvalue weighted by Crippen LogP contribution is -2.17. The number of hydrogen-bond acceptors (Lipinski definition) is 7. The van der Waals surface area contributed by atoms with Gasteiger partial charge in [0.05, 0.1) is 23.7 Å². The van der Waals surface area contributed by atoms with E-state index in [-0.39, 0.29) is 17.6 Å². The lowest BCUT2D eigenvalue weighted by molar-refractivity contribution is -0.119. The van der Waals surface area contributed by atoms with Gasteiger partial charge in [-0.1, -0.05) is 0 Å². The molecule has 4 aromatic heterocycles. The molecule has 0 aromatic carbocycles. The maximum atomic E-state index is 12.4. The maximum absolute atomic E-state index is 12.4. The number of furan rings is 1. The molecule has 0 aliphatic carbocycles. The number of aromatic nitrogens is 3. The predicted octanol–water partition coefficient (Wildman–Crippen LogP) is 3.60. The summed E-state index contributed by atoms with van der Waals surface area (Å²) in [6, 6.07) is 9.13. The molecule has 0 spiro atoms. The molecule has 8 nitrogen and oxygen atoms in total. The monoisotopic (exact) mass is 427 g/mol. The molecule has 4 heterocycles. The third-order valence-corrected chi connectivity index (χ3v) is 5.78. The summed E-state index contributed by atoms with van der Waals surface area (Å²) in [7, 11) is 0. The number of thiophene rings is 1. The van der Waals surface area contributed by atoms with Crippen LogP contribution in [0.25, 0.3) is 10.6 Å². The normalized spacial score (nSPS) is 10.8. The van der Waals surface area contributed by atoms with Gasteiger partial charge in [0.15, 0.2) is 10.9 Å². The minimum absolute atomic E-state index is 0.0655. The topological polar surface area (TPSA) is 102 Å². The van der Waals surface area contributed by atoms with Crippen molar-refractivity contribution in [1.29, 1.82) is 0 Å². The molecule has 0 saturated heterocycles. The average Bonchev–Trinajstić information content (AvgIpc) is 3.47. The molecule has 4 rings (SSSR count). The summed E-state index contributed by atoms with van der Waals surface area (Å²) in [6.45, 7) is 2.44. The lowest BCUT2D eigenvalue weighted by atomic mass is 10.3. The van der Waals surface area contributed by atoms with Crippen LogP contribution in [0.2, 0.25) is 0 Å². The quantitative estimate of drug-likeness (QED) is 0.469. The van der Waals surface area contributed by atoms with Crippen LogP contribution < -0.4 is 10.6 Å². The Bertz CT molecular complexity index is 1130. The smallest absolute Gasteiger partial charge is 0.293 e. The van der Waals surface area contributed by atoms with Crippen LogP contribution in [0.5, 0.6) is 0 Å². The predicted molar refractivity (Wildman–Crippen MR) is 111 cm³/mol. The van der Waals surface area contributed by atoms with Crippen LogP contribution in [-0.4, -0.2) is 26.6 Å². The highest BCUT2D eigenvalue weighted by molar-refractivity contribution is 7.17. The van der Waals surface area contributed by atoms with Crippen molar-refractivity contribution in [3.63, 3.8) is 0 Å². The van der Waals surface area contributed by atoms with Crippen LogP contribution >= 0.6 is 22.7 Å². The Balaban J connectivity index is 1.38. The fraction of sp³-hybridized carbons (Fsp3) is 0.158. The molecule has 10 heteroatoms. The van der Waals surface area contributed by atoms with Crippen molar-refractivity contribution in [1.82, 2.24) is 20.1 Å². The summed E-state index contributed by atoms with van der Waals surface area (Å²) in [6.07, 6.45) is 3.51. The number of carbonyl (C=O) groups is 2. The molecule has 0 aliphatic rings. The van der Waals surface area contributed by atoms with Gasteiger partial charge in [-0.3, -0.25) is 19.6 Å². The first-order valence-corrected chi connectivity index (χ1v) is 10.4. The van der Waals surface area contributed by atoms with Crippen LogP contribution in [0.3, 0.4) is 0 Å². The van der Waals surface area contributed by atoms with E-state index in [1.807, 2.05) is 29.8 Å². The SMILES string of the molecule is CC(=O)NCc1ccc(-c2csc(NC(=O)c3ccc(Cn4cccn4)o3)n2)s1. The summed E-state index contributed by atoms with van der Waals surface area (Å²) in [5.74, 6) is 0.445. The molecule has 0 aliphatic heterocycles. The van der Waals surface area contributed by atoms with E-state index < -0.39 is 0 Å². The van der Waals surface area contributed by atoms with Crippen LogP contribution in [0.15, 0.2) is 52.5 Å². The molecule has 0 saturated carbocycles. The Kier molecular flexibility index (Phi) is 5.54. The molecule has 0 radical (unpaired) electrons. The summed E-state index contributed by atoms with van der Waals surface area (Å²) < 4.78 is 7.32. The van der Waals surface area contributed by atoms with Gasteiger partial charge in [-0.2, -0.15) is 5.10 Å². The lowest BCUT2D eigenvalue weighted by Gasteiger charge is -1.99. The number of thiazole rings is 1. The van der Waals surface area contributed by atoms with E-state index in [1.54, 1.807) is 34.3 Å². The van der Waals surface area contributed by atoms with Gasteiger partial charge in [0.2, 0.25) is 5.91 Å². The molecule has 0 unspecified atom stereocenters. The Morgan fingerprint density at radius 2 is 2.14 bits per heavy atom. The van der Waals surface area contributed by atoms with E-state index in [0.717, 1.165) is 15.4 Å². The molecule has 0 fully saturated rings. The summed E-state index contributed by atoms with van der Waals surface area (Å²) >= 11 is 2.90. The van der Waals surface area contributed by atoms with Crippen molar-refractivity contribution in [2.45, 2.75) is 20.0 Å². The molecular formula is C19H17N5O3S2. The molecule has 2 N–H and O–H groups in total. The van der Waals surface area contributed by atoms with Crippen molar-refractivity contribution in [2.24, 2.45) is 0 Å². The fourth-order valence-electron chi connectivity index (χ4n) is 2.56. The standard InChI is InChI=1S/C19H17N5O3S2/c1-12(25)20-9-14-4-6-17(29-14)15-11-28-19(22-15)23-18(26)16-5-3-13(27-16)10-24-8-2-7-21-24/h2-8,11H,9-10H2,1H3,(H,20,25)(H,22,23,26). The van der Waals surface area contributed by atoms with E-state index >= 15 is 0 Å². The third-order valence-electron chi connectivity index (χ3n) is 3.91. The number of rotatable bonds is 7. The molecular weight excluding hydrogens is 410 g/mol. The van der Waals surface area contributed by atoms with Gasteiger partial charge in [0.1, 0.15) is 5.76 Å². The van der Waals surface area contributed by atoms with Crippen LogP contribution in [0, 0.1) is 0 Å². The van der Waals surface area contributed by atoms with Crippen LogP contribution in [0.4, 0.5) is 5.13 Å². The summed E-state index contributed by atoms with van der Waals surface area (Å²) in [5, 5.41) is 12.0. The van der Waals surface area contributed by atoms with Crippen molar-refractivity contribution in [3.8, 4) is 10.6 Å². The first-order chi connectivity index (χ1) is 14.1. The van der Waals surface area contributed by atoms with Gasteiger partial charge in [0.25, 0.3) is 5.91 Å². The summed E-state index contributed by atoms with van der Waals surface area (Å²) in [4.78, 5) is 29.9. The van der Waals surface area contributed by atoms with E-state index in [0.29, 0.717) is 24.0 Å².